The molecule has 1 aromatic heterocycles. The van der Waals surface area contributed by atoms with Gasteiger partial charge in [0.15, 0.2) is 5.96 Å². The molecule has 0 aliphatic heterocycles. The standard InChI is InChI=1S/C24H45N11O5/c25-9-3-1-6-16(27)20(36)33-17(8-5-11-31-24(28)29)21(37)35-19(12-15-13-30-14-32-15)22(38)34-18(23(39)40)7-2-4-10-26/h13-14,16-19H,1-12,25-27H2,(H,30,32)(H,33,36)(H,34,38)(H,35,37)(H,39,40)(H4,28,29,31). The number of amides is 3. The number of hydrogen-bond acceptors (Lipinski definition) is 9. The highest BCUT2D eigenvalue weighted by Gasteiger charge is 2.30. The van der Waals surface area contributed by atoms with E-state index in [1.165, 1.54) is 12.5 Å². The van der Waals surface area contributed by atoms with Gasteiger partial charge in [0.1, 0.15) is 18.1 Å². The van der Waals surface area contributed by atoms with Gasteiger partial charge in [-0.1, -0.05) is 6.42 Å². The minimum atomic E-state index is -1.20. The van der Waals surface area contributed by atoms with Gasteiger partial charge >= 0.3 is 5.97 Å². The third-order valence-corrected chi connectivity index (χ3v) is 6.06. The summed E-state index contributed by atoms with van der Waals surface area (Å²) in [5.74, 6) is -3.19. The molecule has 0 spiro atoms. The van der Waals surface area contributed by atoms with E-state index in [0.717, 1.165) is 0 Å². The van der Waals surface area contributed by atoms with Gasteiger partial charge < -0.3 is 54.7 Å². The van der Waals surface area contributed by atoms with Crippen LogP contribution < -0.4 is 44.6 Å². The largest absolute Gasteiger partial charge is 0.480 e. The van der Waals surface area contributed by atoms with E-state index in [1.54, 1.807) is 0 Å². The molecule has 4 unspecified atom stereocenters. The summed E-state index contributed by atoms with van der Waals surface area (Å²) in [5.41, 5.74) is 28.2. The number of carbonyl (C=O) groups excluding carboxylic acids is 3. The molecule has 1 aromatic rings. The Labute approximate surface area is 233 Å². The van der Waals surface area contributed by atoms with Crippen molar-refractivity contribution in [2.75, 3.05) is 19.6 Å². The first-order chi connectivity index (χ1) is 19.1. The number of nitrogens with one attached hydrogen (secondary N) is 4. The lowest BCUT2D eigenvalue weighted by Gasteiger charge is -2.25. The van der Waals surface area contributed by atoms with Gasteiger partial charge in [0.2, 0.25) is 17.7 Å². The molecule has 0 saturated heterocycles. The maximum Gasteiger partial charge on any atom is 0.326 e. The second-order valence-corrected chi connectivity index (χ2v) is 9.43. The Morgan fingerprint density at radius 1 is 0.850 bits per heavy atom. The molecule has 16 heteroatoms. The zero-order valence-corrected chi connectivity index (χ0v) is 22.8. The average molecular weight is 568 g/mol. The van der Waals surface area contributed by atoms with Crippen molar-refractivity contribution in [3.63, 3.8) is 0 Å². The lowest BCUT2D eigenvalue weighted by Crippen LogP contribution is -2.57. The predicted octanol–water partition coefficient (Wildman–Crippen LogP) is -2.87. The van der Waals surface area contributed by atoms with Crippen LogP contribution in [-0.4, -0.2) is 88.5 Å². The number of carboxylic acids is 1. The number of aromatic amines is 1. The number of nitrogens with two attached hydrogens (primary N) is 5. The number of H-pyrrole nitrogens is 1. The number of aliphatic imine (C=N–C) groups is 1. The lowest BCUT2D eigenvalue weighted by molar-refractivity contribution is -0.142. The predicted molar refractivity (Wildman–Crippen MR) is 149 cm³/mol. The van der Waals surface area contributed by atoms with E-state index < -0.39 is 47.9 Å². The Morgan fingerprint density at radius 2 is 1.43 bits per heavy atom. The number of aliphatic carboxylic acids is 1. The van der Waals surface area contributed by atoms with Gasteiger partial charge in [-0.2, -0.15) is 0 Å². The lowest BCUT2D eigenvalue weighted by atomic mass is 10.0. The van der Waals surface area contributed by atoms with E-state index in [4.69, 9.17) is 28.7 Å². The molecule has 0 fully saturated rings. The van der Waals surface area contributed by atoms with Crippen LogP contribution in [0.2, 0.25) is 0 Å². The van der Waals surface area contributed by atoms with E-state index >= 15 is 0 Å². The van der Waals surface area contributed by atoms with Crippen LogP contribution in [0.15, 0.2) is 17.5 Å². The van der Waals surface area contributed by atoms with Crippen LogP contribution in [0, 0.1) is 0 Å². The van der Waals surface area contributed by atoms with E-state index in [9.17, 15) is 24.3 Å². The van der Waals surface area contributed by atoms with Crippen LogP contribution in [0.5, 0.6) is 0 Å². The van der Waals surface area contributed by atoms with Gasteiger partial charge in [-0.05, 0) is 58.0 Å². The Hall–Kier alpha value is -3.76. The number of imidazole rings is 1. The van der Waals surface area contributed by atoms with Crippen molar-refractivity contribution < 1.29 is 24.3 Å². The van der Waals surface area contributed by atoms with Crippen molar-refractivity contribution in [1.82, 2.24) is 25.9 Å². The first-order valence-corrected chi connectivity index (χ1v) is 13.4. The third-order valence-electron chi connectivity index (χ3n) is 6.06. The van der Waals surface area contributed by atoms with Crippen molar-refractivity contribution in [2.24, 2.45) is 33.7 Å². The number of guanidine groups is 1. The van der Waals surface area contributed by atoms with Gasteiger partial charge in [-0.3, -0.25) is 19.4 Å². The Kier molecular flexibility index (Phi) is 16.6. The molecule has 226 valence electrons. The Morgan fingerprint density at radius 3 is 2.00 bits per heavy atom. The summed E-state index contributed by atoms with van der Waals surface area (Å²) >= 11 is 0. The number of hydrogen-bond donors (Lipinski definition) is 10. The maximum atomic E-state index is 13.4. The summed E-state index contributed by atoms with van der Waals surface area (Å²) in [4.78, 5) is 61.7. The fourth-order valence-corrected chi connectivity index (χ4v) is 3.81. The van der Waals surface area contributed by atoms with Crippen molar-refractivity contribution in [1.29, 1.82) is 0 Å². The molecule has 0 aliphatic rings. The van der Waals surface area contributed by atoms with Gasteiger partial charge in [0.25, 0.3) is 0 Å². The Bertz CT molecular complexity index is 938. The molecule has 4 atom stereocenters. The van der Waals surface area contributed by atoms with Crippen molar-refractivity contribution in [3.05, 3.63) is 18.2 Å². The summed E-state index contributed by atoms with van der Waals surface area (Å²) in [6, 6.07) is -4.24. The summed E-state index contributed by atoms with van der Waals surface area (Å²) < 4.78 is 0. The van der Waals surface area contributed by atoms with Crippen molar-refractivity contribution in [2.45, 2.75) is 82.0 Å². The summed E-state index contributed by atoms with van der Waals surface area (Å²) in [6.45, 7) is 1.08. The van der Waals surface area contributed by atoms with E-state index in [-0.39, 0.29) is 31.8 Å². The smallest absolute Gasteiger partial charge is 0.326 e. The molecule has 0 radical (unpaired) electrons. The van der Waals surface area contributed by atoms with Crippen LogP contribution in [-0.2, 0) is 25.6 Å². The first kappa shape index (κ1) is 34.3. The zero-order chi connectivity index (χ0) is 29.9. The van der Waals surface area contributed by atoms with E-state index in [0.29, 0.717) is 57.3 Å². The number of carboxylic acid groups (broad SMARTS) is 1. The quantitative estimate of drug-likeness (QED) is 0.0409. The molecule has 0 aromatic carbocycles. The molecule has 16 nitrogen and oxygen atoms in total. The second kappa shape index (κ2) is 19.3. The van der Waals surface area contributed by atoms with Crippen LogP contribution in [0.1, 0.15) is 57.1 Å². The minimum absolute atomic E-state index is 0.0000180. The zero-order valence-electron chi connectivity index (χ0n) is 22.8. The second-order valence-electron chi connectivity index (χ2n) is 9.43. The highest BCUT2D eigenvalue weighted by molar-refractivity contribution is 5.94. The number of carbonyl (C=O) groups is 4. The molecule has 0 bridgehead atoms. The van der Waals surface area contributed by atoms with Crippen molar-refractivity contribution in [3.8, 4) is 0 Å². The first-order valence-electron chi connectivity index (χ1n) is 13.4. The molecule has 15 N–H and O–H groups in total. The minimum Gasteiger partial charge on any atom is -0.480 e. The van der Waals surface area contributed by atoms with Crippen LogP contribution in [0.3, 0.4) is 0 Å². The van der Waals surface area contributed by atoms with Gasteiger partial charge in [-0.15, -0.1) is 0 Å². The fourth-order valence-electron chi connectivity index (χ4n) is 3.81. The van der Waals surface area contributed by atoms with Crippen LogP contribution in [0.4, 0.5) is 0 Å². The SMILES string of the molecule is NCCCCC(N)C(=O)NC(CCCN=C(N)N)C(=O)NC(Cc1cnc[nH]1)C(=O)NC(CCCCN)C(=O)O. The number of nitrogens with zero attached hydrogens (tertiary/aromatic N) is 2. The van der Waals surface area contributed by atoms with Gasteiger partial charge in [-0.25, -0.2) is 9.78 Å². The normalized spacial score (nSPS) is 13.9. The molecular weight excluding hydrogens is 522 g/mol. The van der Waals surface area contributed by atoms with Gasteiger partial charge in [0, 0.05) is 24.9 Å². The van der Waals surface area contributed by atoms with E-state index in [1.807, 2.05) is 0 Å². The number of unbranched alkanes of at least 4 members (excludes halogenated alkanes) is 2. The molecule has 40 heavy (non-hydrogen) atoms. The molecule has 0 saturated carbocycles. The third kappa shape index (κ3) is 13.9. The number of aromatic nitrogens is 2. The average Bonchev–Trinajstić information content (AvgIpc) is 3.42. The molecule has 1 heterocycles. The van der Waals surface area contributed by atoms with Gasteiger partial charge in [0.05, 0.1) is 12.4 Å². The fraction of sp³-hybridized carbons (Fsp3) is 0.667. The summed E-state index contributed by atoms with van der Waals surface area (Å²) in [7, 11) is 0. The molecule has 1 rings (SSSR count). The summed E-state index contributed by atoms with van der Waals surface area (Å²) in [6.07, 6.45) is 6.41. The highest BCUT2D eigenvalue weighted by atomic mass is 16.4. The molecule has 0 aliphatic carbocycles. The van der Waals surface area contributed by atoms with E-state index in [2.05, 4.69) is 30.9 Å². The topological polar surface area (TPSA) is 296 Å². The number of rotatable bonds is 21. The monoisotopic (exact) mass is 567 g/mol. The Balaban J connectivity index is 3.05. The molecular formula is C24H45N11O5. The highest BCUT2D eigenvalue weighted by Crippen LogP contribution is 2.07. The van der Waals surface area contributed by atoms with Crippen LogP contribution >= 0.6 is 0 Å². The maximum absolute atomic E-state index is 13.4. The van der Waals surface area contributed by atoms with Crippen molar-refractivity contribution >= 4 is 29.7 Å². The van der Waals surface area contributed by atoms with Crippen LogP contribution in [0.25, 0.3) is 0 Å². The molecule has 3 amide bonds. The summed E-state index contributed by atoms with van der Waals surface area (Å²) in [5, 5.41) is 17.4.